The van der Waals surface area contributed by atoms with Crippen molar-refractivity contribution in [3.63, 3.8) is 0 Å². The fraction of sp³-hybridized carbons (Fsp3) is 0.500. The number of aromatic hydroxyl groups is 1. The monoisotopic (exact) mass is 207 g/mol. The van der Waals surface area contributed by atoms with E-state index in [4.69, 9.17) is 4.74 Å². The first-order valence-electron chi connectivity index (χ1n) is 5.28. The minimum Gasteiger partial charge on any atom is -0.504 e. The molecule has 1 N–H and O–H groups in total. The van der Waals surface area contributed by atoms with Crippen LogP contribution in [0, 0.1) is 0 Å². The van der Waals surface area contributed by atoms with Crippen LogP contribution in [0.4, 0.5) is 0 Å². The first kappa shape index (κ1) is 10.3. The van der Waals surface area contributed by atoms with Gasteiger partial charge in [0.05, 0.1) is 7.11 Å². The zero-order chi connectivity index (χ0) is 10.8. The second-order valence-corrected chi connectivity index (χ2v) is 4.10. The zero-order valence-corrected chi connectivity index (χ0v) is 9.29. The topological polar surface area (TPSA) is 32.7 Å². The van der Waals surface area contributed by atoms with Crippen LogP contribution in [0.15, 0.2) is 12.1 Å². The molecule has 0 aromatic heterocycles. The number of phenolic OH excluding ortho intramolecular Hbond substituents is 1. The number of rotatable bonds is 1. The summed E-state index contributed by atoms with van der Waals surface area (Å²) in [5.41, 5.74) is 2.27. The molecule has 0 atom stereocenters. The summed E-state index contributed by atoms with van der Waals surface area (Å²) in [6.45, 7) is 1.99. The van der Waals surface area contributed by atoms with E-state index in [-0.39, 0.29) is 0 Å². The molecule has 0 unspecified atom stereocenters. The van der Waals surface area contributed by atoms with E-state index >= 15 is 0 Å². The molecule has 3 nitrogen and oxygen atoms in total. The lowest BCUT2D eigenvalue weighted by Crippen LogP contribution is -2.16. The molecule has 1 aliphatic heterocycles. The summed E-state index contributed by atoms with van der Waals surface area (Å²) in [7, 11) is 3.70. The normalized spacial score (nSPS) is 16.9. The van der Waals surface area contributed by atoms with Crippen LogP contribution in [0.3, 0.4) is 0 Å². The van der Waals surface area contributed by atoms with Gasteiger partial charge in [-0.15, -0.1) is 0 Å². The van der Waals surface area contributed by atoms with Gasteiger partial charge in [0.25, 0.3) is 0 Å². The van der Waals surface area contributed by atoms with E-state index in [1.54, 1.807) is 7.11 Å². The number of methoxy groups -OCH3 is 1. The number of ether oxygens (including phenoxy) is 1. The lowest BCUT2D eigenvalue weighted by molar-refractivity contribution is 0.332. The van der Waals surface area contributed by atoms with E-state index < -0.39 is 0 Å². The molecule has 15 heavy (non-hydrogen) atoms. The molecule has 2 rings (SSSR count). The standard InChI is InChI=1S/C12H17NO2/c1-13-7-3-4-10-9(8-13)5-6-11(15-2)12(10)14/h5-6,14H,3-4,7-8H2,1-2H3. The van der Waals surface area contributed by atoms with Gasteiger partial charge in [0.15, 0.2) is 11.5 Å². The highest BCUT2D eigenvalue weighted by molar-refractivity contribution is 5.50. The van der Waals surface area contributed by atoms with E-state index in [9.17, 15) is 5.11 Å². The lowest BCUT2D eigenvalue weighted by Gasteiger charge is -2.14. The predicted molar refractivity (Wildman–Crippen MR) is 59.3 cm³/mol. The maximum Gasteiger partial charge on any atom is 0.161 e. The van der Waals surface area contributed by atoms with Crippen molar-refractivity contribution in [2.24, 2.45) is 0 Å². The molecule has 82 valence electrons. The Morgan fingerprint density at radius 2 is 2.20 bits per heavy atom. The maximum absolute atomic E-state index is 10.0. The van der Waals surface area contributed by atoms with E-state index in [0.29, 0.717) is 11.5 Å². The molecule has 0 aliphatic carbocycles. The highest BCUT2D eigenvalue weighted by atomic mass is 16.5. The number of benzene rings is 1. The third-order valence-electron chi connectivity index (χ3n) is 2.97. The quantitative estimate of drug-likeness (QED) is 0.762. The number of phenols is 1. The van der Waals surface area contributed by atoms with E-state index in [2.05, 4.69) is 18.0 Å². The van der Waals surface area contributed by atoms with Gasteiger partial charge in [-0.25, -0.2) is 0 Å². The van der Waals surface area contributed by atoms with Gasteiger partial charge in [-0.05, 0) is 38.1 Å². The molecule has 0 saturated carbocycles. The Labute approximate surface area is 90.3 Å². The van der Waals surface area contributed by atoms with Gasteiger partial charge in [-0.1, -0.05) is 6.07 Å². The third-order valence-corrected chi connectivity index (χ3v) is 2.97. The van der Waals surface area contributed by atoms with Gasteiger partial charge in [-0.2, -0.15) is 0 Å². The number of hydrogen-bond acceptors (Lipinski definition) is 3. The average Bonchev–Trinajstić information content (AvgIpc) is 2.40. The molecule has 0 fully saturated rings. The largest absolute Gasteiger partial charge is 0.504 e. The summed E-state index contributed by atoms with van der Waals surface area (Å²) in [5.74, 6) is 0.906. The van der Waals surface area contributed by atoms with Crippen molar-refractivity contribution in [3.05, 3.63) is 23.3 Å². The van der Waals surface area contributed by atoms with Gasteiger partial charge in [-0.3, -0.25) is 0 Å². The summed E-state index contributed by atoms with van der Waals surface area (Å²) in [5, 5.41) is 10.0. The maximum atomic E-state index is 10.0. The Morgan fingerprint density at radius 1 is 1.40 bits per heavy atom. The number of fused-ring (bicyclic) bond motifs is 1. The van der Waals surface area contributed by atoms with E-state index in [0.717, 1.165) is 31.5 Å². The van der Waals surface area contributed by atoms with Crippen molar-refractivity contribution in [2.45, 2.75) is 19.4 Å². The van der Waals surface area contributed by atoms with Crippen LogP contribution in [-0.4, -0.2) is 30.7 Å². The summed E-state index contributed by atoms with van der Waals surface area (Å²) < 4.78 is 5.12. The zero-order valence-electron chi connectivity index (χ0n) is 9.29. The first-order chi connectivity index (χ1) is 7.22. The van der Waals surface area contributed by atoms with Gasteiger partial charge in [0.2, 0.25) is 0 Å². The third kappa shape index (κ3) is 1.92. The predicted octanol–water partition coefficient (Wildman–Crippen LogP) is 1.78. The Morgan fingerprint density at radius 3 is 2.93 bits per heavy atom. The number of hydrogen-bond donors (Lipinski definition) is 1. The van der Waals surface area contributed by atoms with Gasteiger partial charge >= 0.3 is 0 Å². The summed E-state index contributed by atoms with van der Waals surface area (Å²) in [6, 6.07) is 3.89. The molecular formula is C12H17NO2. The Bertz CT molecular complexity index is 363. The summed E-state index contributed by atoms with van der Waals surface area (Å²) in [4.78, 5) is 2.28. The Balaban J connectivity index is 2.43. The molecule has 1 aromatic carbocycles. The van der Waals surface area contributed by atoms with Crippen molar-refractivity contribution in [1.29, 1.82) is 0 Å². The molecule has 0 bridgehead atoms. The van der Waals surface area contributed by atoms with Crippen molar-refractivity contribution < 1.29 is 9.84 Å². The summed E-state index contributed by atoms with van der Waals surface area (Å²) in [6.07, 6.45) is 2.02. The molecule has 1 aromatic rings. The van der Waals surface area contributed by atoms with E-state index in [1.807, 2.05) is 6.07 Å². The van der Waals surface area contributed by atoms with Crippen LogP contribution in [0.25, 0.3) is 0 Å². The molecule has 3 heteroatoms. The van der Waals surface area contributed by atoms with Crippen molar-refractivity contribution in [2.75, 3.05) is 20.7 Å². The SMILES string of the molecule is COc1ccc2c(c1O)CCCN(C)C2. The van der Waals surface area contributed by atoms with E-state index in [1.165, 1.54) is 5.56 Å². The minimum absolute atomic E-state index is 0.324. The van der Waals surface area contributed by atoms with Crippen molar-refractivity contribution >= 4 is 0 Å². The second-order valence-electron chi connectivity index (χ2n) is 4.10. The van der Waals surface area contributed by atoms with Crippen molar-refractivity contribution in [3.8, 4) is 11.5 Å². The number of nitrogens with zero attached hydrogens (tertiary/aromatic N) is 1. The lowest BCUT2D eigenvalue weighted by atomic mass is 10.0. The van der Waals surface area contributed by atoms with Crippen LogP contribution in [0.1, 0.15) is 17.5 Å². The molecular weight excluding hydrogens is 190 g/mol. The van der Waals surface area contributed by atoms with Crippen LogP contribution >= 0.6 is 0 Å². The van der Waals surface area contributed by atoms with Crippen LogP contribution in [-0.2, 0) is 13.0 Å². The van der Waals surface area contributed by atoms with Gasteiger partial charge < -0.3 is 14.7 Å². The molecule has 0 radical (unpaired) electrons. The highest BCUT2D eigenvalue weighted by Gasteiger charge is 2.17. The minimum atomic E-state index is 0.324. The van der Waals surface area contributed by atoms with Crippen molar-refractivity contribution in [1.82, 2.24) is 4.90 Å². The molecule has 0 spiro atoms. The first-order valence-corrected chi connectivity index (χ1v) is 5.28. The molecule has 1 heterocycles. The van der Waals surface area contributed by atoms with Gasteiger partial charge in [0, 0.05) is 12.1 Å². The van der Waals surface area contributed by atoms with Crippen LogP contribution in [0.2, 0.25) is 0 Å². The highest BCUT2D eigenvalue weighted by Crippen LogP contribution is 2.34. The van der Waals surface area contributed by atoms with Crippen LogP contribution < -0.4 is 4.74 Å². The fourth-order valence-corrected chi connectivity index (χ4v) is 2.14. The average molecular weight is 207 g/mol. The molecule has 0 amide bonds. The molecule has 1 aliphatic rings. The Kier molecular flexibility index (Phi) is 2.82. The van der Waals surface area contributed by atoms with Gasteiger partial charge in [0.1, 0.15) is 0 Å². The smallest absolute Gasteiger partial charge is 0.161 e. The Hall–Kier alpha value is -1.22. The fourth-order valence-electron chi connectivity index (χ4n) is 2.14. The molecule has 0 saturated heterocycles. The van der Waals surface area contributed by atoms with Crippen LogP contribution in [0.5, 0.6) is 11.5 Å². The second kappa shape index (κ2) is 4.11. The summed E-state index contributed by atoms with van der Waals surface area (Å²) >= 11 is 0.